The quantitative estimate of drug-likeness (QED) is 0.825. The molecule has 0 unspecified atom stereocenters. The first-order valence-corrected chi connectivity index (χ1v) is 6.46. The van der Waals surface area contributed by atoms with Gasteiger partial charge >= 0.3 is 6.09 Å². The van der Waals surface area contributed by atoms with E-state index in [1.807, 2.05) is 0 Å². The summed E-state index contributed by atoms with van der Waals surface area (Å²) in [7, 11) is 0. The average Bonchev–Trinajstić information content (AvgIpc) is 2.25. The third kappa shape index (κ3) is 5.86. The Morgan fingerprint density at radius 1 is 1.39 bits per heavy atom. The van der Waals surface area contributed by atoms with Crippen molar-refractivity contribution in [2.45, 2.75) is 39.2 Å². The zero-order valence-electron chi connectivity index (χ0n) is 10.9. The number of anilines is 1. The monoisotopic (exact) mass is 269 g/mol. The van der Waals surface area contributed by atoms with Gasteiger partial charge in [-0.2, -0.15) is 12.6 Å². The highest BCUT2D eigenvalue weighted by Gasteiger charge is 2.16. The summed E-state index contributed by atoms with van der Waals surface area (Å²) in [5.41, 5.74) is 0.495. The van der Waals surface area contributed by atoms with Gasteiger partial charge in [0.2, 0.25) is 5.95 Å². The minimum Gasteiger partial charge on any atom is -0.444 e. The van der Waals surface area contributed by atoms with Gasteiger partial charge in [0.1, 0.15) is 5.60 Å². The van der Waals surface area contributed by atoms with Crippen LogP contribution in [0.2, 0.25) is 0 Å². The topological polar surface area (TPSA) is 64.1 Å². The van der Waals surface area contributed by atoms with Gasteiger partial charge in [0.15, 0.2) is 0 Å². The van der Waals surface area contributed by atoms with Gasteiger partial charge in [-0.1, -0.05) is 0 Å². The predicted octanol–water partition coefficient (Wildman–Crippen LogP) is 2.69. The number of amides is 1. The SMILES string of the molecule is CC(C)(C)OC(=O)Nc1ncc(CCCS)cn1. The molecular formula is C12H19N3O2S. The van der Waals surface area contributed by atoms with Crippen molar-refractivity contribution in [3.63, 3.8) is 0 Å². The molecule has 5 nitrogen and oxygen atoms in total. The first-order chi connectivity index (χ1) is 8.40. The highest BCUT2D eigenvalue weighted by atomic mass is 32.1. The number of carbonyl (C=O) groups excluding carboxylic acids is 1. The molecule has 0 saturated carbocycles. The molecule has 0 bridgehead atoms. The Hall–Kier alpha value is -1.30. The molecule has 1 rings (SSSR count). The molecule has 0 aromatic carbocycles. The number of rotatable bonds is 4. The maximum atomic E-state index is 11.5. The van der Waals surface area contributed by atoms with Crippen LogP contribution in [-0.4, -0.2) is 27.4 Å². The second-order valence-corrected chi connectivity index (χ2v) is 5.32. The molecule has 1 N–H and O–H groups in total. The summed E-state index contributed by atoms with van der Waals surface area (Å²) >= 11 is 4.14. The lowest BCUT2D eigenvalue weighted by Crippen LogP contribution is -2.27. The van der Waals surface area contributed by atoms with E-state index in [0.717, 1.165) is 24.2 Å². The van der Waals surface area contributed by atoms with E-state index in [2.05, 4.69) is 27.9 Å². The minimum atomic E-state index is -0.550. The Kier molecular flexibility index (Phi) is 5.40. The average molecular weight is 269 g/mol. The van der Waals surface area contributed by atoms with Crippen LogP contribution in [0.1, 0.15) is 32.8 Å². The number of hydrogen-bond donors (Lipinski definition) is 2. The highest BCUT2D eigenvalue weighted by molar-refractivity contribution is 7.80. The molecule has 0 radical (unpaired) electrons. The molecule has 6 heteroatoms. The smallest absolute Gasteiger partial charge is 0.414 e. The third-order valence-corrected chi connectivity index (χ3v) is 2.26. The van der Waals surface area contributed by atoms with Crippen LogP contribution in [0.15, 0.2) is 12.4 Å². The number of carbonyl (C=O) groups is 1. The summed E-state index contributed by atoms with van der Waals surface area (Å²) in [6, 6.07) is 0. The van der Waals surface area contributed by atoms with E-state index < -0.39 is 11.7 Å². The summed E-state index contributed by atoms with van der Waals surface area (Å²) in [5.74, 6) is 1.08. The van der Waals surface area contributed by atoms with Gasteiger partial charge in [0.05, 0.1) is 0 Å². The number of ether oxygens (including phenoxy) is 1. The summed E-state index contributed by atoms with van der Waals surface area (Å²) in [6.45, 7) is 5.40. The van der Waals surface area contributed by atoms with Crippen molar-refractivity contribution in [1.29, 1.82) is 0 Å². The van der Waals surface area contributed by atoms with Crippen LogP contribution in [-0.2, 0) is 11.2 Å². The number of thiol groups is 1. The Balaban J connectivity index is 2.50. The van der Waals surface area contributed by atoms with Gasteiger partial charge in [-0.25, -0.2) is 14.8 Å². The van der Waals surface area contributed by atoms with Crippen LogP contribution >= 0.6 is 12.6 Å². The molecule has 1 heterocycles. The molecule has 0 saturated heterocycles. The normalized spacial score (nSPS) is 11.1. The summed E-state index contributed by atoms with van der Waals surface area (Å²) in [6.07, 6.45) is 4.71. The number of aromatic nitrogens is 2. The highest BCUT2D eigenvalue weighted by Crippen LogP contribution is 2.09. The van der Waals surface area contributed by atoms with Gasteiger partial charge in [-0.05, 0) is 44.9 Å². The van der Waals surface area contributed by atoms with Gasteiger partial charge in [0.25, 0.3) is 0 Å². The Bertz CT molecular complexity index is 387. The fourth-order valence-electron chi connectivity index (χ4n) is 1.23. The van der Waals surface area contributed by atoms with E-state index in [4.69, 9.17) is 4.74 Å². The fraction of sp³-hybridized carbons (Fsp3) is 0.583. The fourth-order valence-corrected chi connectivity index (χ4v) is 1.38. The first-order valence-electron chi connectivity index (χ1n) is 5.82. The Morgan fingerprint density at radius 2 is 2.00 bits per heavy atom. The van der Waals surface area contributed by atoms with Crippen LogP contribution in [0.5, 0.6) is 0 Å². The standard InChI is InChI=1S/C12H19N3O2S/c1-12(2,3)17-11(16)15-10-13-7-9(8-14-10)5-4-6-18/h7-8,18H,4-6H2,1-3H3,(H,13,14,15,16). The third-order valence-electron chi connectivity index (χ3n) is 1.94. The van der Waals surface area contributed by atoms with Crippen molar-refractivity contribution in [1.82, 2.24) is 9.97 Å². The van der Waals surface area contributed by atoms with E-state index in [1.54, 1.807) is 33.2 Å². The van der Waals surface area contributed by atoms with Crippen molar-refractivity contribution in [2.75, 3.05) is 11.1 Å². The molecule has 1 aromatic heterocycles. The lowest BCUT2D eigenvalue weighted by atomic mass is 10.2. The van der Waals surface area contributed by atoms with E-state index >= 15 is 0 Å². The molecule has 1 aromatic rings. The van der Waals surface area contributed by atoms with Gasteiger partial charge in [0, 0.05) is 12.4 Å². The molecule has 0 aliphatic carbocycles. The molecule has 0 atom stereocenters. The molecule has 0 aliphatic heterocycles. The number of aryl methyl sites for hydroxylation is 1. The van der Waals surface area contributed by atoms with E-state index in [1.165, 1.54) is 0 Å². The molecule has 0 spiro atoms. The number of hydrogen-bond acceptors (Lipinski definition) is 5. The maximum absolute atomic E-state index is 11.5. The predicted molar refractivity (Wildman–Crippen MR) is 74.1 cm³/mol. The van der Waals surface area contributed by atoms with Crippen molar-refractivity contribution in [3.8, 4) is 0 Å². The van der Waals surface area contributed by atoms with Crippen LogP contribution < -0.4 is 5.32 Å². The first kappa shape index (κ1) is 14.8. The lowest BCUT2D eigenvalue weighted by Gasteiger charge is -2.19. The molecule has 18 heavy (non-hydrogen) atoms. The second-order valence-electron chi connectivity index (χ2n) is 4.87. The Labute approximate surface area is 113 Å². The van der Waals surface area contributed by atoms with Crippen molar-refractivity contribution in [3.05, 3.63) is 18.0 Å². The zero-order chi connectivity index (χ0) is 13.6. The number of nitrogens with one attached hydrogen (secondary N) is 1. The maximum Gasteiger partial charge on any atom is 0.414 e. The number of nitrogens with zero attached hydrogens (tertiary/aromatic N) is 2. The second kappa shape index (κ2) is 6.58. The van der Waals surface area contributed by atoms with Gasteiger partial charge in [-0.3, -0.25) is 5.32 Å². The van der Waals surface area contributed by atoms with Crippen LogP contribution in [0, 0.1) is 0 Å². The van der Waals surface area contributed by atoms with Crippen LogP contribution in [0.3, 0.4) is 0 Å². The summed E-state index contributed by atoms with van der Waals surface area (Å²) < 4.78 is 5.10. The van der Waals surface area contributed by atoms with Crippen molar-refractivity contribution >= 4 is 24.7 Å². The molecule has 0 fully saturated rings. The van der Waals surface area contributed by atoms with E-state index in [-0.39, 0.29) is 5.95 Å². The van der Waals surface area contributed by atoms with Crippen LogP contribution in [0.4, 0.5) is 10.7 Å². The molecular weight excluding hydrogens is 250 g/mol. The van der Waals surface area contributed by atoms with Gasteiger partial charge in [-0.15, -0.1) is 0 Å². The van der Waals surface area contributed by atoms with Crippen molar-refractivity contribution < 1.29 is 9.53 Å². The molecule has 100 valence electrons. The Morgan fingerprint density at radius 3 is 2.50 bits per heavy atom. The van der Waals surface area contributed by atoms with E-state index in [9.17, 15) is 4.79 Å². The van der Waals surface area contributed by atoms with Crippen molar-refractivity contribution in [2.24, 2.45) is 0 Å². The van der Waals surface area contributed by atoms with Gasteiger partial charge < -0.3 is 4.74 Å². The summed E-state index contributed by atoms with van der Waals surface area (Å²) in [5, 5.41) is 2.48. The minimum absolute atomic E-state index is 0.249. The molecule has 0 aliphatic rings. The zero-order valence-corrected chi connectivity index (χ0v) is 11.8. The largest absolute Gasteiger partial charge is 0.444 e. The summed E-state index contributed by atoms with van der Waals surface area (Å²) in [4.78, 5) is 19.6. The van der Waals surface area contributed by atoms with E-state index in [0.29, 0.717) is 0 Å². The molecule has 1 amide bonds. The lowest BCUT2D eigenvalue weighted by molar-refractivity contribution is 0.0634. The van der Waals surface area contributed by atoms with Crippen LogP contribution in [0.25, 0.3) is 0 Å².